The van der Waals surface area contributed by atoms with Crippen molar-refractivity contribution >= 4 is 17.2 Å². The van der Waals surface area contributed by atoms with Crippen molar-refractivity contribution in [2.45, 2.75) is 51.1 Å². The Morgan fingerprint density at radius 1 is 1.52 bits per heavy atom. The number of hydrogen-bond acceptors (Lipinski definition) is 5. The molecule has 21 heavy (non-hydrogen) atoms. The first-order valence-corrected chi connectivity index (χ1v) is 8.39. The molecule has 1 heterocycles. The fourth-order valence-corrected chi connectivity index (χ4v) is 3.92. The first-order valence-electron chi connectivity index (χ1n) is 7.52. The topological polar surface area (TPSA) is 63.2 Å². The van der Waals surface area contributed by atoms with Crippen molar-refractivity contribution in [2.75, 3.05) is 20.3 Å². The number of nitrogens with zero attached hydrogens (tertiary/aromatic N) is 1. The van der Waals surface area contributed by atoms with Crippen LogP contribution in [0.4, 0.5) is 0 Å². The Bertz CT molecular complexity index is 469. The predicted octanol–water partition coefficient (Wildman–Crippen LogP) is 1.96. The lowest BCUT2D eigenvalue weighted by atomic mass is 9.98. The van der Waals surface area contributed by atoms with E-state index in [1.165, 1.54) is 12.8 Å². The number of carbonyl (C=O) groups is 1. The van der Waals surface area contributed by atoms with Gasteiger partial charge >= 0.3 is 0 Å². The summed E-state index contributed by atoms with van der Waals surface area (Å²) in [5, 5.41) is 9.60. The summed E-state index contributed by atoms with van der Waals surface area (Å²) in [5.74, 6) is 0.0131. The van der Waals surface area contributed by atoms with E-state index < -0.39 is 0 Å². The van der Waals surface area contributed by atoms with Crippen LogP contribution in [0.25, 0.3) is 0 Å². The van der Waals surface area contributed by atoms with Crippen molar-refractivity contribution in [1.82, 2.24) is 15.6 Å². The average molecular weight is 311 g/mol. The highest BCUT2D eigenvalue weighted by molar-refractivity contribution is 7.09. The van der Waals surface area contributed by atoms with Crippen LogP contribution >= 0.6 is 11.3 Å². The summed E-state index contributed by atoms with van der Waals surface area (Å²) in [4.78, 5) is 16.7. The largest absolute Gasteiger partial charge is 0.383 e. The van der Waals surface area contributed by atoms with Crippen LogP contribution in [0, 0.1) is 6.92 Å². The zero-order valence-corrected chi connectivity index (χ0v) is 13.9. The molecular weight excluding hydrogens is 286 g/mol. The molecule has 1 aliphatic rings. The molecule has 2 rings (SSSR count). The summed E-state index contributed by atoms with van der Waals surface area (Å²) in [5.41, 5.74) is 0.946. The van der Waals surface area contributed by atoms with Gasteiger partial charge in [0.05, 0.1) is 18.7 Å². The van der Waals surface area contributed by atoms with E-state index in [9.17, 15) is 4.79 Å². The minimum Gasteiger partial charge on any atom is -0.383 e. The first-order chi connectivity index (χ1) is 10.1. The number of nitrogens with one attached hydrogen (secondary N) is 2. The van der Waals surface area contributed by atoms with Gasteiger partial charge in [-0.3, -0.25) is 10.1 Å². The summed E-state index contributed by atoms with van der Waals surface area (Å²) in [7, 11) is 1.64. The molecule has 0 spiro atoms. The van der Waals surface area contributed by atoms with Gasteiger partial charge in [-0.25, -0.2) is 4.98 Å². The normalized spacial score (nSPS) is 18.6. The van der Waals surface area contributed by atoms with Gasteiger partial charge in [-0.1, -0.05) is 12.8 Å². The van der Waals surface area contributed by atoms with Gasteiger partial charge in [0.15, 0.2) is 0 Å². The van der Waals surface area contributed by atoms with Gasteiger partial charge < -0.3 is 10.1 Å². The van der Waals surface area contributed by atoms with E-state index in [0.29, 0.717) is 13.2 Å². The number of carbonyl (C=O) groups excluding carboxylic acids is 1. The van der Waals surface area contributed by atoms with E-state index in [0.717, 1.165) is 23.5 Å². The molecule has 1 amide bonds. The van der Waals surface area contributed by atoms with E-state index in [-0.39, 0.29) is 17.5 Å². The number of aromatic nitrogens is 1. The molecule has 0 bridgehead atoms. The third-order valence-corrected chi connectivity index (χ3v) is 5.06. The van der Waals surface area contributed by atoms with Gasteiger partial charge in [0.2, 0.25) is 5.91 Å². The van der Waals surface area contributed by atoms with Gasteiger partial charge in [0.25, 0.3) is 0 Å². The molecule has 1 aliphatic carbocycles. The van der Waals surface area contributed by atoms with Crippen molar-refractivity contribution < 1.29 is 9.53 Å². The monoisotopic (exact) mass is 311 g/mol. The van der Waals surface area contributed by atoms with E-state index in [1.807, 2.05) is 13.8 Å². The van der Waals surface area contributed by atoms with Crippen molar-refractivity contribution in [3.8, 4) is 0 Å². The number of ether oxygens (including phenoxy) is 1. The lowest BCUT2D eigenvalue weighted by molar-refractivity contribution is -0.121. The lowest BCUT2D eigenvalue weighted by Gasteiger charge is -2.28. The summed E-state index contributed by atoms with van der Waals surface area (Å²) < 4.78 is 5.03. The Balaban J connectivity index is 1.93. The molecule has 1 saturated carbocycles. The Morgan fingerprint density at radius 2 is 2.24 bits per heavy atom. The van der Waals surface area contributed by atoms with Crippen LogP contribution in [-0.4, -0.2) is 37.2 Å². The first kappa shape index (κ1) is 16.4. The second-order valence-corrected chi connectivity index (χ2v) is 6.72. The number of amides is 1. The maximum absolute atomic E-state index is 12.0. The third-order valence-electron chi connectivity index (χ3n) is 3.90. The number of rotatable bonds is 7. The van der Waals surface area contributed by atoms with E-state index >= 15 is 0 Å². The molecule has 0 saturated heterocycles. The van der Waals surface area contributed by atoms with Gasteiger partial charge in [-0.2, -0.15) is 0 Å². The second-order valence-electron chi connectivity index (χ2n) is 5.86. The molecular formula is C15H25N3O2S. The molecule has 6 heteroatoms. The zero-order chi connectivity index (χ0) is 15.3. The minimum atomic E-state index is -0.110. The predicted molar refractivity (Wildman–Crippen MR) is 84.5 cm³/mol. The number of thiazole rings is 1. The molecule has 2 N–H and O–H groups in total. The van der Waals surface area contributed by atoms with Crippen LogP contribution in [0.15, 0.2) is 5.38 Å². The van der Waals surface area contributed by atoms with Crippen LogP contribution in [0.2, 0.25) is 0 Å². The summed E-state index contributed by atoms with van der Waals surface area (Å²) in [6, 6.07) is 0.0333. The van der Waals surface area contributed by atoms with Gasteiger partial charge in [0.1, 0.15) is 5.01 Å². The Kier molecular flexibility index (Phi) is 5.72. The molecule has 1 aromatic heterocycles. The lowest BCUT2D eigenvalue weighted by Crippen LogP contribution is -2.47. The molecule has 5 nitrogen and oxygen atoms in total. The van der Waals surface area contributed by atoms with Gasteiger partial charge in [-0.15, -0.1) is 11.3 Å². The summed E-state index contributed by atoms with van der Waals surface area (Å²) in [6.45, 7) is 4.81. The van der Waals surface area contributed by atoms with Crippen LogP contribution in [0.3, 0.4) is 0 Å². The molecule has 0 aromatic carbocycles. The van der Waals surface area contributed by atoms with Gasteiger partial charge in [-0.05, 0) is 26.7 Å². The van der Waals surface area contributed by atoms with Crippen LogP contribution in [0.1, 0.15) is 43.3 Å². The molecule has 1 aromatic rings. The zero-order valence-electron chi connectivity index (χ0n) is 13.1. The highest BCUT2D eigenvalue weighted by Gasteiger charge is 2.38. The van der Waals surface area contributed by atoms with E-state index in [2.05, 4.69) is 21.0 Å². The number of methoxy groups -OCH3 is 1. The summed E-state index contributed by atoms with van der Waals surface area (Å²) >= 11 is 1.69. The fraction of sp³-hybridized carbons (Fsp3) is 0.733. The standard InChI is InChI=1S/C15H25N3O2S/c1-11(9-20-3)17-13(19)8-16-15(6-4-5-7-15)14-18-12(2)10-21-14/h10-11,16H,4-9H2,1-3H3,(H,17,19)/t11-/m0/s1. The van der Waals surface area contributed by atoms with Gasteiger partial charge in [0, 0.05) is 24.2 Å². The molecule has 0 radical (unpaired) electrons. The smallest absolute Gasteiger partial charge is 0.234 e. The van der Waals surface area contributed by atoms with Crippen molar-refractivity contribution in [3.05, 3.63) is 16.1 Å². The SMILES string of the molecule is COC[C@H](C)NC(=O)CNC1(c2nc(C)cs2)CCCC1. The van der Waals surface area contributed by atoms with Crippen LogP contribution < -0.4 is 10.6 Å². The molecule has 0 unspecified atom stereocenters. The molecule has 118 valence electrons. The maximum Gasteiger partial charge on any atom is 0.234 e. The van der Waals surface area contributed by atoms with Crippen LogP contribution in [0.5, 0.6) is 0 Å². The average Bonchev–Trinajstić information content (AvgIpc) is 3.06. The highest BCUT2D eigenvalue weighted by Crippen LogP contribution is 2.39. The quantitative estimate of drug-likeness (QED) is 0.808. The Morgan fingerprint density at radius 3 is 2.81 bits per heavy atom. The summed E-state index contributed by atoms with van der Waals surface area (Å²) in [6.07, 6.45) is 4.49. The highest BCUT2D eigenvalue weighted by atomic mass is 32.1. The fourth-order valence-electron chi connectivity index (χ4n) is 2.89. The van der Waals surface area contributed by atoms with Crippen molar-refractivity contribution in [1.29, 1.82) is 0 Å². The minimum absolute atomic E-state index is 0.0131. The maximum atomic E-state index is 12.0. The van der Waals surface area contributed by atoms with Crippen molar-refractivity contribution in [3.63, 3.8) is 0 Å². The van der Waals surface area contributed by atoms with Crippen LogP contribution in [-0.2, 0) is 15.1 Å². The van der Waals surface area contributed by atoms with Crippen molar-refractivity contribution in [2.24, 2.45) is 0 Å². The third kappa shape index (κ3) is 4.25. The molecule has 0 aliphatic heterocycles. The van der Waals surface area contributed by atoms with E-state index in [1.54, 1.807) is 18.4 Å². The molecule has 1 atom stereocenters. The second kappa shape index (κ2) is 7.33. The number of hydrogen-bond donors (Lipinski definition) is 2. The Hall–Kier alpha value is -0.980. The Labute approximate surface area is 130 Å². The molecule has 1 fully saturated rings. The number of aryl methyl sites for hydroxylation is 1. The van der Waals surface area contributed by atoms with E-state index in [4.69, 9.17) is 4.74 Å².